The van der Waals surface area contributed by atoms with Gasteiger partial charge in [0, 0.05) is 38.1 Å². The summed E-state index contributed by atoms with van der Waals surface area (Å²) in [5, 5.41) is 10.6. The topological polar surface area (TPSA) is 68.5 Å². The van der Waals surface area contributed by atoms with Crippen molar-refractivity contribution in [1.29, 1.82) is 0 Å². The van der Waals surface area contributed by atoms with Crippen LogP contribution in [0.3, 0.4) is 0 Å². The van der Waals surface area contributed by atoms with Gasteiger partial charge in [0.15, 0.2) is 5.82 Å². The molecule has 0 aliphatic rings. The third kappa shape index (κ3) is 3.71. The van der Waals surface area contributed by atoms with Crippen LogP contribution in [0.15, 0.2) is 36.1 Å². The summed E-state index contributed by atoms with van der Waals surface area (Å²) in [6.07, 6.45) is 4.32. The first-order valence-corrected chi connectivity index (χ1v) is 7.60. The predicted octanol–water partition coefficient (Wildman–Crippen LogP) is 1.67. The van der Waals surface area contributed by atoms with Gasteiger partial charge in [0.25, 0.3) is 0 Å². The Hall–Kier alpha value is -2.12. The molecule has 0 fully saturated rings. The van der Waals surface area contributed by atoms with E-state index in [0.29, 0.717) is 0 Å². The lowest BCUT2D eigenvalue weighted by molar-refractivity contribution is 0.654. The fourth-order valence-electron chi connectivity index (χ4n) is 1.91. The van der Waals surface area contributed by atoms with Crippen LogP contribution in [0.2, 0.25) is 0 Å². The molecule has 0 radical (unpaired) electrons. The van der Waals surface area contributed by atoms with E-state index in [1.165, 1.54) is 0 Å². The van der Waals surface area contributed by atoms with E-state index in [9.17, 15) is 0 Å². The number of aryl methyl sites for hydroxylation is 1. The van der Waals surface area contributed by atoms with Crippen molar-refractivity contribution in [3.8, 4) is 10.7 Å². The van der Waals surface area contributed by atoms with Gasteiger partial charge in [-0.3, -0.25) is 9.67 Å². The van der Waals surface area contributed by atoms with Crippen molar-refractivity contribution in [2.24, 2.45) is 7.05 Å². The molecule has 0 aromatic carbocycles. The number of aromatic nitrogens is 5. The summed E-state index contributed by atoms with van der Waals surface area (Å²) < 4.78 is 1.72. The maximum absolute atomic E-state index is 4.59. The fourth-order valence-corrected chi connectivity index (χ4v) is 2.71. The molecule has 21 heavy (non-hydrogen) atoms. The van der Waals surface area contributed by atoms with Crippen LogP contribution in [0, 0.1) is 0 Å². The molecule has 108 valence electrons. The van der Waals surface area contributed by atoms with E-state index in [1.807, 2.05) is 25.2 Å². The number of nitrogens with zero attached hydrogens (tertiary/aromatic N) is 5. The molecule has 0 atom stereocenters. The van der Waals surface area contributed by atoms with Crippen LogP contribution in [0.5, 0.6) is 0 Å². The maximum Gasteiger partial charge on any atom is 0.151 e. The molecule has 0 saturated carbocycles. The molecule has 0 aliphatic heterocycles. The van der Waals surface area contributed by atoms with Crippen LogP contribution in [-0.4, -0.2) is 31.3 Å². The smallest absolute Gasteiger partial charge is 0.151 e. The van der Waals surface area contributed by atoms with E-state index in [2.05, 4.69) is 30.7 Å². The minimum atomic E-state index is 0.746. The quantitative estimate of drug-likeness (QED) is 0.701. The fraction of sp³-hybridized carbons (Fsp3) is 0.286. The van der Waals surface area contributed by atoms with Crippen molar-refractivity contribution in [3.05, 3.63) is 47.6 Å². The molecule has 3 aromatic rings. The number of pyridine rings is 1. The predicted molar refractivity (Wildman–Crippen MR) is 81.8 cm³/mol. The molecule has 0 unspecified atom stereocenters. The lowest BCUT2D eigenvalue weighted by atomic mass is 10.3. The zero-order valence-electron chi connectivity index (χ0n) is 11.7. The number of nitrogens with one attached hydrogen (secondary N) is 1. The van der Waals surface area contributed by atoms with E-state index in [1.54, 1.807) is 28.5 Å². The Kier molecular flexibility index (Phi) is 4.32. The average Bonchev–Trinajstić information content (AvgIpc) is 3.14. The van der Waals surface area contributed by atoms with Crippen molar-refractivity contribution >= 4 is 11.3 Å². The molecule has 0 amide bonds. The monoisotopic (exact) mass is 300 g/mol. The van der Waals surface area contributed by atoms with Crippen LogP contribution in [0.1, 0.15) is 11.5 Å². The summed E-state index contributed by atoms with van der Waals surface area (Å²) in [7, 11) is 1.87. The van der Waals surface area contributed by atoms with Crippen molar-refractivity contribution in [2.75, 3.05) is 6.54 Å². The molecule has 1 N–H and O–H groups in total. The second kappa shape index (κ2) is 6.55. The Morgan fingerprint density at radius 3 is 3.00 bits per heavy atom. The molecule has 3 aromatic heterocycles. The van der Waals surface area contributed by atoms with Gasteiger partial charge in [-0.05, 0) is 12.1 Å². The van der Waals surface area contributed by atoms with Crippen LogP contribution in [0.25, 0.3) is 10.7 Å². The first-order chi connectivity index (χ1) is 10.3. The van der Waals surface area contributed by atoms with E-state index in [-0.39, 0.29) is 0 Å². The lowest BCUT2D eigenvalue weighted by Crippen LogP contribution is -2.17. The van der Waals surface area contributed by atoms with Gasteiger partial charge in [-0.2, -0.15) is 5.10 Å². The number of hydrogen-bond donors (Lipinski definition) is 1. The van der Waals surface area contributed by atoms with Crippen LogP contribution in [0.4, 0.5) is 0 Å². The highest BCUT2D eigenvalue weighted by Crippen LogP contribution is 2.21. The summed E-state index contributed by atoms with van der Waals surface area (Å²) in [4.78, 5) is 13.1. The molecule has 3 rings (SSSR count). The van der Waals surface area contributed by atoms with Gasteiger partial charge < -0.3 is 5.32 Å². The number of thiazole rings is 1. The summed E-state index contributed by atoms with van der Waals surface area (Å²) in [6.45, 7) is 1.58. The van der Waals surface area contributed by atoms with Crippen LogP contribution >= 0.6 is 11.3 Å². The molecule has 0 aliphatic carbocycles. The number of hydrogen-bond acceptors (Lipinski definition) is 6. The summed E-state index contributed by atoms with van der Waals surface area (Å²) in [5.41, 5.74) is 1.96. The van der Waals surface area contributed by atoms with Gasteiger partial charge >= 0.3 is 0 Å². The van der Waals surface area contributed by atoms with Crippen molar-refractivity contribution in [1.82, 2.24) is 30.0 Å². The minimum absolute atomic E-state index is 0.746. The first kappa shape index (κ1) is 13.8. The first-order valence-electron chi connectivity index (χ1n) is 6.72. The second-order valence-corrected chi connectivity index (χ2v) is 5.48. The summed E-state index contributed by atoms with van der Waals surface area (Å²) >= 11 is 1.62. The molecule has 0 spiro atoms. The maximum atomic E-state index is 4.59. The van der Waals surface area contributed by atoms with Gasteiger partial charge in [-0.15, -0.1) is 11.3 Å². The third-order valence-electron chi connectivity index (χ3n) is 2.91. The van der Waals surface area contributed by atoms with Gasteiger partial charge in [-0.25, -0.2) is 9.97 Å². The van der Waals surface area contributed by atoms with Gasteiger partial charge in [0.2, 0.25) is 0 Å². The molecule has 3 heterocycles. The molecule has 6 nitrogen and oxygen atoms in total. The number of rotatable bonds is 6. The van der Waals surface area contributed by atoms with Crippen molar-refractivity contribution < 1.29 is 0 Å². The Labute approximate surface area is 126 Å². The minimum Gasteiger partial charge on any atom is -0.311 e. The van der Waals surface area contributed by atoms with Gasteiger partial charge in [0.05, 0.1) is 11.4 Å². The Morgan fingerprint density at radius 1 is 1.29 bits per heavy atom. The van der Waals surface area contributed by atoms with E-state index in [0.717, 1.165) is 41.7 Å². The molecule has 0 bridgehead atoms. The third-order valence-corrected chi connectivity index (χ3v) is 3.83. The highest BCUT2D eigenvalue weighted by Gasteiger charge is 2.05. The Balaban J connectivity index is 1.49. The van der Waals surface area contributed by atoms with E-state index < -0.39 is 0 Å². The summed E-state index contributed by atoms with van der Waals surface area (Å²) in [5.74, 6) is 0.859. The van der Waals surface area contributed by atoms with Crippen molar-refractivity contribution in [3.63, 3.8) is 0 Å². The van der Waals surface area contributed by atoms with Crippen molar-refractivity contribution in [2.45, 2.75) is 13.0 Å². The molecule has 7 heteroatoms. The Morgan fingerprint density at radius 2 is 2.24 bits per heavy atom. The average molecular weight is 300 g/mol. The van der Waals surface area contributed by atoms with Crippen LogP contribution < -0.4 is 5.32 Å². The SMILES string of the molecule is Cn1cnc(CCNCc2csc(-c3ccccn3)n2)n1. The Bertz CT molecular complexity index is 690. The second-order valence-electron chi connectivity index (χ2n) is 4.62. The van der Waals surface area contributed by atoms with Crippen LogP contribution in [-0.2, 0) is 20.0 Å². The molecule has 0 saturated heterocycles. The van der Waals surface area contributed by atoms with Gasteiger partial charge in [0.1, 0.15) is 11.3 Å². The molecular formula is C14H16N6S. The molecular weight excluding hydrogens is 284 g/mol. The zero-order chi connectivity index (χ0) is 14.5. The highest BCUT2D eigenvalue weighted by atomic mass is 32.1. The summed E-state index contributed by atoms with van der Waals surface area (Å²) in [6, 6.07) is 5.86. The van der Waals surface area contributed by atoms with E-state index >= 15 is 0 Å². The normalized spacial score (nSPS) is 10.9. The van der Waals surface area contributed by atoms with Gasteiger partial charge in [-0.1, -0.05) is 6.07 Å². The lowest BCUT2D eigenvalue weighted by Gasteiger charge is -2.00. The largest absolute Gasteiger partial charge is 0.311 e. The highest BCUT2D eigenvalue weighted by molar-refractivity contribution is 7.13. The van der Waals surface area contributed by atoms with E-state index in [4.69, 9.17) is 0 Å². The standard InChI is InChI=1S/C14H16N6S/c1-20-10-17-13(19-20)5-7-15-8-11-9-21-14(18-11)12-4-2-3-6-16-12/h2-4,6,9-10,15H,5,7-8H2,1H3. The zero-order valence-corrected chi connectivity index (χ0v) is 12.5.